The van der Waals surface area contributed by atoms with Crippen LogP contribution in [-0.2, 0) is 4.79 Å². The van der Waals surface area contributed by atoms with Crippen LogP contribution in [0.1, 0.15) is 26.2 Å². The highest BCUT2D eigenvalue weighted by molar-refractivity contribution is 5.75. The number of hydrogen-bond acceptors (Lipinski definition) is 2. The summed E-state index contributed by atoms with van der Waals surface area (Å²) in [6.45, 7) is 0.238. The Kier molecular flexibility index (Phi) is 7.17. The first-order chi connectivity index (χ1) is 8.69. The first-order valence-corrected chi connectivity index (χ1v) is 5.61. The fourth-order valence-corrected chi connectivity index (χ4v) is 1.30. The van der Waals surface area contributed by atoms with Crippen LogP contribution in [-0.4, -0.2) is 42.0 Å². The zero-order valence-corrected chi connectivity index (χ0v) is 10.3. The molecule has 19 heavy (non-hydrogen) atoms. The predicted octanol–water partition coefficient (Wildman–Crippen LogP) is 1.83. The molecule has 0 radical (unpaired) electrons. The second-order valence-electron chi connectivity index (χ2n) is 3.97. The molecule has 0 aliphatic carbocycles. The van der Waals surface area contributed by atoms with E-state index in [1.807, 2.05) is 0 Å². The maximum absolute atomic E-state index is 12.5. The Balaban J connectivity index is 4.23. The van der Waals surface area contributed by atoms with Crippen molar-refractivity contribution in [2.45, 2.75) is 44.6 Å². The molecule has 0 aliphatic rings. The van der Waals surface area contributed by atoms with Crippen molar-refractivity contribution >= 4 is 12.0 Å². The molecule has 112 valence electrons. The van der Waals surface area contributed by atoms with Crippen LogP contribution < -0.4 is 10.6 Å². The van der Waals surface area contributed by atoms with Crippen LogP contribution >= 0.6 is 0 Å². The van der Waals surface area contributed by atoms with E-state index in [0.29, 0.717) is 12.8 Å². The maximum Gasteiger partial charge on any atom is 0.324 e. The molecule has 0 aromatic heterocycles. The van der Waals surface area contributed by atoms with Crippen molar-refractivity contribution < 1.29 is 32.3 Å². The lowest BCUT2D eigenvalue weighted by atomic mass is 10.1. The molecule has 2 amide bonds. The highest BCUT2D eigenvalue weighted by Crippen LogP contribution is 2.21. The third kappa shape index (κ3) is 7.47. The van der Waals surface area contributed by atoms with Gasteiger partial charge in [-0.2, -0.15) is 8.78 Å². The molecule has 1 unspecified atom stereocenters. The molecular weight excluding hydrogens is 272 g/mol. The molecule has 0 heterocycles. The van der Waals surface area contributed by atoms with Gasteiger partial charge in [0.25, 0.3) is 0 Å². The first kappa shape index (κ1) is 17.5. The third-order valence-electron chi connectivity index (χ3n) is 2.20. The summed E-state index contributed by atoms with van der Waals surface area (Å²) in [4.78, 5) is 21.7. The number of halogens is 4. The Morgan fingerprint density at radius 2 is 1.89 bits per heavy atom. The zero-order chi connectivity index (χ0) is 15.1. The average Bonchev–Trinajstić information content (AvgIpc) is 2.25. The lowest BCUT2D eigenvalue weighted by Gasteiger charge is -2.19. The molecule has 0 rings (SSSR count). The molecule has 0 saturated carbocycles. The van der Waals surface area contributed by atoms with E-state index in [4.69, 9.17) is 5.11 Å². The number of alkyl halides is 4. The molecule has 5 nitrogen and oxygen atoms in total. The topological polar surface area (TPSA) is 78.4 Å². The molecule has 0 spiro atoms. The van der Waals surface area contributed by atoms with Crippen LogP contribution in [0.25, 0.3) is 0 Å². The summed E-state index contributed by atoms with van der Waals surface area (Å²) in [5, 5.41) is 12.3. The van der Waals surface area contributed by atoms with E-state index >= 15 is 0 Å². The lowest BCUT2D eigenvalue weighted by molar-refractivity contribution is -0.137. The Hall–Kier alpha value is -1.54. The summed E-state index contributed by atoms with van der Waals surface area (Å²) >= 11 is 0. The van der Waals surface area contributed by atoms with Gasteiger partial charge in [-0.15, -0.1) is 0 Å². The number of hydrogen-bond donors (Lipinski definition) is 3. The fraction of sp³-hybridized carbons (Fsp3) is 0.800. The van der Waals surface area contributed by atoms with Crippen molar-refractivity contribution in [3.8, 4) is 0 Å². The van der Waals surface area contributed by atoms with Gasteiger partial charge in [-0.05, 0) is 6.42 Å². The number of nitrogens with one attached hydrogen (secondary N) is 2. The normalized spacial score (nSPS) is 13.2. The second kappa shape index (κ2) is 7.80. The van der Waals surface area contributed by atoms with Crippen molar-refractivity contribution in [1.29, 1.82) is 0 Å². The molecule has 9 heteroatoms. The molecule has 0 aromatic carbocycles. The number of carboxylic acids is 1. The maximum atomic E-state index is 12.5. The van der Waals surface area contributed by atoms with Crippen LogP contribution in [0, 0.1) is 0 Å². The molecule has 1 atom stereocenters. The van der Waals surface area contributed by atoms with E-state index in [0.717, 1.165) is 0 Å². The number of aliphatic carboxylic acids is 1. The monoisotopic (exact) mass is 288 g/mol. The first-order valence-electron chi connectivity index (χ1n) is 5.61. The summed E-state index contributed by atoms with van der Waals surface area (Å²) in [5.41, 5.74) is 0. The minimum Gasteiger partial charge on any atom is -0.481 e. The molecule has 3 N–H and O–H groups in total. The summed E-state index contributed by atoms with van der Waals surface area (Å²) in [6.07, 6.45) is -3.33. The number of carbonyl (C=O) groups excluding carboxylic acids is 1. The van der Waals surface area contributed by atoms with Crippen LogP contribution in [0.2, 0.25) is 0 Å². The average molecular weight is 288 g/mol. The van der Waals surface area contributed by atoms with Crippen molar-refractivity contribution in [2.75, 3.05) is 6.54 Å². The summed E-state index contributed by atoms with van der Waals surface area (Å²) in [7, 11) is 0. The summed E-state index contributed by atoms with van der Waals surface area (Å²) in [6, 6.07) is -1.83. The number of carbonyl (C=O) groups is 2. The van der Waals surface area contributed by atoms with E-state index in [2.05, 4.69) is 5.32 Å². The van der Waals surface area contributed by atoms with Gasteiger partial charge in [0.1, 0.15) is 0 Å². The van der Waals surface area contributed by atoms with E-state index < -0.39 is 36.9 Å². The summed E-state index contributed by atoms with van der Waals surface area (Å²) < 4.78 is 48.7. The zero-order valence-electron chi connectivity index (χ0n) is 10.3. The van der Waals surface area contributed by atoms with Crippen LogP contribution in [0.5, 0.6) is 0 Å². The van der Waals surface area contributed by atoms with Gasteiger partial charge in [0.15, 0.2) is 0 Å². The van der Waals surface area contributed by atoms with Gasteiger partial charge in [-0.3, -0.25) is 4.79 Å². The quantitative estimate of drug-likeness (QED) is 0.596. The fourth-order valence-electron chi connectivity index (χ4n) is 1.30. The van der Waals surface area contributed by atoms with Gasteiger partial charge in [-0.1, -0.05) is 13.3 Å². The van der Waals surface area contributed by atoms with Gasteiger partial charge in [0.2, 0.25) is 0 Å². The van der Waals surface area contributed by atoms with Crippen LogP contribution in [0.4, 0.5) is 22.4 Å². The number of amides is 2. The van der Waals surface area contributed by atoms with Gasteiger partial charge in [-0.25, -0.2) is 13.6 Å². The molecule has 0 saturated heterocycles. The highest BCUT2D eigenvalue weighted by Gasteiger charge is 2.40. The standard InChI is InChI=1S/C10H16F4N2O3/c1-2-3-6(4-7(17)18)16-9(19)15-5-10(13,14)8(11)12/h6,8H,2-5H2,1H3,(H,17,18)(H2,15,16,19). The number of carboxylic acid groups (broad SMARTS) is 1. The molecular formula is C10H16F4N2O3. The number of rotatable bonds is 8. The van der Waals surface area contributed by atoms with E-state index in [9.17, 15) is 27.2 Å². The Morgan fingerprint density at radius 1 is 1.32 bits per heavy atom. The van der Waals surface area contributed by atoms with Crippen LogP contribution in [0.15, 0.2) is 0 Å². The Bertz CT molecular complexity index is 313. The molecule has 0 aliphatic heterocycles. The van der Waals surface area contributed by atoms with Crippen molar-refractivity contribution in [2.24, 2.45) is 0 Å². The minimum atomic E-state index is -4.32. The summed E-state index contributed by atoms with van der Waals surface area (Å²) in [5.74, 6) is -5.47. The predicted molar refractivity (Wildman–Crippen MR) is 58.4 cm³/mol. The third-order valence-corrected chi connectivity index (χ3v) is 2.20. The Labute approximate surface area is 107 Å². The lowest BCUT2D eigenvalue weighted by Crippen LogP contribution is -2.48. The largest absolute Gasteiger partial charge is 0.481 e. The SMILES string of the molecule is CCCC(CC(=O)O)NC(=O)NCC(F)(F)C(F)F. The molecule has 0 aromatic rings. The minimum absolute atomic E-state index is 0.338. The van der Waals surface area contributed by atoms with Gasteiger partial charge in [0.05, 0.1) is 13.0 Å². The van der Waals surface area contributed by atoms with Crippen LogP contribution in [0.3, 0.4) is 0 Å². The highest BCUT2D eigenvalue weighted by atomic mass is 19.3. The molecule has 0 bridgehead atoms. The van der Waals surface area contributed by atoms with Gasteiger partial charge in [0, 0.05) is 6.04 Å². The van der Waals surface area contributed by atoms with Gasteiger partial charge >= 0.3 is 24.3 Å². The Morgan fingerprint density at radius 3 is 2.32 bits per heavy atom. The second-order valence-corrected chi connectivity index (χ2v) is 3.97. The smallest absolute Gasteiger partial charge is 0.324 e. The van der Waals surface area contributed by atoms with E-state index in [1.165, 1.54) is 0 Å². The van der Waals surface area contributed by atoms with E-state index in [1.54, 1.807) is 12.2 Å². The van der Waals surface area contributed by atoms with E-state index in [-0.39, 0.29) is 6.42 Å². The van der Waals surface area contributed by atoms with Crippen molar-refractivity contribution in [3.05, 3.63) is 0 Å². The molecule has 0 fully saturated rings. The van der Waals surface area contributed by atoms with Crippen molar-refractivity contribution in [3.63, 3.8) is 0 Å². The van der Waals surface area contributed by atoms with Crippen molar-refractivity contribution in [1.82, 2.24) is 10.6 Å². The van der Waals surface area contributed by atoms with Gasteiger partial charge < -0.3 is 15.7 Å². The number of urea groups is 1.